The van der Waals surface area contributed by atoms with Gasteiger partial charge in [-0.2, -0.15) is 0 Å². The maximum absolute atomic E-state index is 12.5. The fourth-order valence-electron chi connectivity index (χ4n) is 3.14. The number of carbonyl (C=O) groups is 1. The monoisotopic (exact) mass is 432 g/mol. The fourth-order valence-corrected chi connectivity index (χ4v) is 3.14. The summed E-state index contributed by atoms with van der Waals surface area (Å²) in [6, 6.07) is 25.5. The second-order valence-electron chi connectivity index (χ2n) is 7.70. The molecule has 0 aliphatic heterocycles. The first kappa shape index (κ1) is 23.2. The summed E-state index contributed by atoms with van der Waals surface area (Å²) < 4.78 is 11.7. The van der Waals surface area contributed by atoms with E-state index in [1.807, 2.05) is 73.7 Å². The zero-order chi connectivity index (χ0) is 22.6. The van der Waals surface area contributed by atoms with Gasteiger partial charge in [-0.15, -0.1) is 0 Å². The van der Waals surface area contributed by atoms with Crippen LogP contribution < -0.4 is 20.1 Å². The molecule has 1 unspecified atom stereocenters. The van der Waals surface area contributed by atoms with Crippen molar-refractivity contribution in [2.45, 2.75) is 39.2 Å². The van der Waals surface area contributed by atoms with Gasteiger partial charge < -0.3 is 20.1 Å². The molecule has 0 aromatic heterocycles. The van der Waals surface area contributed by atoms with Crippen LogP contribution in [0.5, 0.6) is 11.5 Å². The highest BCUT2D eigenvalue weighted by atomic mass is 16.5. The van der Waals surface area contributed by atoms with Gasteiger partial charge in [0, 0.05) is 5.69 Å². The Morgan fingerprint density at radius 2 is 1.66 bits per heavy atom. The van der Waals surface area contributed by atoms with E-state index in [4.69, 9.17) is 9.47 Å². The van der Waals surface area contributed by atoms with Crippen LogP contribution in [0.15, 0.2) is 78.9 Å². The third kappa shape index (κ3) is 7.65. The molecule has 0 aliphatic carbocycles. The predicted molar refractivity (Wildman–Crippen MR) is 131 cm³/mol. The number of hydrogen-bond acceptors (Lipinski definition) is 4. The van der Waals surface area contributed by atoms with Gasteiger partial charge >= 0.3 is 0 Å². The average molecular weight is 433 g/mol. The number of amides is 1. The zero-order valence-corrected chi connectivity index (χ0v) is 18.8. The number of benzene rings is 3. The van der Waals surface area contributed by atoms with Gasteiger partial charge in [0.1, 0.15) is 11.5 Å². The first-order chi connectivity index (χ1) is 15.6. The highest BCUT2D eigenvalue weighted by Crippen LogP contribution is 2.24. The van der Waals surface area contributed by atoms with Crippen molar-refractivity contribution in [3.63, 3.8) is 0 Å². The molecule has 0 heterocycles. The van der Waals surface area contributed by atoms with Crippen molar-refractivity contribution in [2.24, 2.45) is 0 Å². The Hall–Kier alpha value is -3.47. The maximum atomic E-state index is 12.5. The largest absolute Gasteiger partial charge is 0.491 e. The van der Waals surface area contributed by atoms with Gasteiger partial charge in [-0.05, 0) is 68.1 Å². The maximum Gasteiger partial charge on any atom is 0.243 e. The van der Waals surface area contributed by atoms with Gasteiger partial charge in [0.2, 0.25) is 5.91 Å². The van der Waals surface area contributed by atoms with Crippen LogP contribution in [0.1, 0.15) is 32.3 Å². The van der Waals surface area contributed by atoms with Crippen molar-refractivity contribution in [1.29, 1.82) is 0 Å². The minimum absolute atomic E-state index is 0.134. The summed E-state index contributed by atoms with van der Waals surface area (Å²) in [6.07, 6.45) is 3.00. The zero-order valence-electron chi connectivity index (χ0n) is 18.8. The van der Waals surface area contributed by atoms with Crippen molar-refractivity contribution in [3.05, 3.63) is 84.4 Å². The van der Waals surface area contributed by atoms with E-state index in [0.29, 0.717) is 18.0 Å². The van der Waals surface area contributed by atoms with E-state index in [1.54, 1.807) is 0 Å². The van der Waals surface area contributed by atoms with Gasteiger partial charge in [-0.1, -0.05) is 49.4 Å². The topological polar surface area (TPSA) is 59.6 Å². The standard InChI is InChI=1S/C27H32N2O3/c1-3-21(2)32-24-17-15-23(16-18-24)28-20-27(30)29-25-13-7-8-14-26(25)31-19-9-12-22-10-5-4-6-11-22/h4-8,10-11,13-18,21,28H,3,9,12,19-20H2,1-2H3,(H,29,30). The van der Waals surface area contributed by atoms with E-state index in [1.165, 1.54) is 5.56 Å². The summed E-state index contributed by atoms with van der Waals surface area (Å²) in [7, 11) is 0. The second kappa shape index (κ2) is 12.4. The van der Waals surface area contributed by atoms with Crippen LogP contribution in [0, 0.1) is 0 Å². The molecule has 0 saturated heterocycles. The highest BCUT2D eigenvalue weighted by molar-refractivity contribution is 5.95. The van der Waals surface area contributed by atoms with Crippen molar-refractivity contribution in [3.8, 4) is 11.5 Å². The van der Waals surface area contributed by atoms with Crippen molar-refractivity contribution < 1.29 is 14.3 Å². The number of para-hydroxylation sites is 2. The third-order valence-corrected chi connectivity index (χ3v) is 5.09. The van der Waals surface area contributed by atoms with E-state index in [-0.39, 0.29) is 18.6 Å². The predicted octanol–water partition coefficient (Wildman–Crippen LogP) is 5.93. The summed E-state index contributed by atoms with van der Waals surface area (Å²) >= 11 is 0. The van der Waals surface area contributed by atoms with Crippen LogP contribution in [-0.4, -0.2) is 25.2 Å². The molecule has 0 bridgehead atoms. The smallest absolute Gasteiger partial charge is 0.243 e. The highest BCUT2D eigenvalue weighted by Gasteiger charge is 2.08. The number of nitrogens with one attached hydrogen (secondary N) is 2. The Bertz CT molecular complexity index is 958. The lowest BCUT2D eigenvalue weighted by Crippen LogP contribution is -2.22. The lowest BCUT2D eigenvalue weighted by Gasteiger charge is -2.14. The molecule has 3 aromatic carbocycles. The van der Waals surface area contributed by atoms with E-state index in [2.05, 4.69) is 29.7 Å². The molecule has 32 heavy (non-hydrogen) atoms. The number of carbonyl (C=O) groups excluding carboxylic acids is 1. The van der Waals surface area contributed by atoms with Crippen molar-refractivity contribution in [1.82, 2.24) is 0 Å². The SMILES string of the molecule is CCC(C)Oc1ccc(NCC(=O)Nc2ccccc2OCCCc2ccccc2)cc1. The van der Waals surface area contributed by atoms with Gasteiger partial charge in [0.15, 0.2) is 0 Å². The minimum Gasteiger partial charge on any atom is -0.491 e. The molecule has 0 saturated carbocycles. The number of rotatable bonds is 12. The van der Waals surface area contributed by atoms with Crippen molar-refractivity contribution in [2.75, 3.05) is 23.8 Å². The average Bonchev–Trinajstić information content (AvgIpc) is 2.83. The Labute approximate surface area is 190 Å². The molecule has 0 aliphatic rings. The Morgan fingerprint density at radius 3 is 2.41 bits per heavy atom. The van der Waals surface area contributed by atoms with Crippen LogP contribution in [-0.2, 0) is 11.2 Å². The summed E-state index contributed by atoms with van der Waals surface area (Å²) in [6.45, 7) is 4.88. The second-order valence-corrected chi connectivity index (χ2v) is 7.70. The Balaban J connectivity index is 1.44. The number of ether oxygens (including phenoxy) is 2. The molecule has 168 valence electrons. The summed E-state index contributed by atoms with van der Waals surface area (Å²) in [4.78, 5) is 12.5. The fraction of sp³-hybridized carbons (Fsp3) is 0.296. The third-order valence-electron chi connectivity index (χ3n) is 5.09. The van der Waals surface area contributed by atoms with E-state index in [9.17, 15) is 4.79 Å². The first-order valence-corrected chi connectivity index (χ1v) is 11.2. The molecule has 0 fully saturated rings. The molecule has 1 atom stereocenters. The number of aryl methyl sites for hydroxylation is 1. The summed E-state index contributed by atoms with van der Waals surface area (Å²) in [5.41, 5.74) is 2.83. The number of hydrogen-bond donors (Lipinski definition) is 2. The van der Waals surface area contributed by atoms with Gasteiger partial charge in [-0.3, -0.25) is 4.79 Å². The van der Waals surface area contributed by atoms with Crippen LogP contribution in [0.2, 0.25) is 0 Å². The lowest BCUT2D eigenvalue weighted by molar-refractivity contribution is -0.114. The molecule has 5 nitrogen and oxygen atoms in total. The Morgan fingerprint density at radius 1 is 0.938 bits per heavy atom. The molecule has 0 spiro atoms. The normalized spacial score (nSPS) is 11.4. The van der Waals surface area contributed by atoms with Crippen LogP contribution in [0.3, 0.4) is 0 Å². The van der Waals surface area contributed by atoms with E-state index >= 15 is 0 Å². The quantitative estimate of drug-likeness (QED) is 0.349. The van der Waals surface area contributed by atoms with E-state index < -0.39 is 0 Å². The summed E-state index contributed by atoms with van der Waals surface area (Å²) in [5.74, 6) is 1.37. The van der Waals surface area contributed by atoms with Crippen molar-refractivity contribution >= 4 is 17.3 Å². The van der Waals surface area contributed by atoms with Crippen LogP contribution in [0.4, 0.5) is 11.4 Å². The molecule has 1 amide bonds. The minimum atomic E-state index is -0.134. The van der Waals surface area contributed by atoms with Gasteiger partial charge in [-0.25, -0.2) is 0 Å². The number of anilines is 2. The molecular formula is C27H32N2O3. The Kier molecular flexibility index (Phi) is 8.99. The molecule has 2 N–H and O–H groups in total. The molecular weight excluding hydrogens is 400 g/mol. The van der Waals surface area contributed by atoms with E-state index in [0.717, 1.165) is 30.7 Å². The molecule has 0 radical (unpaired) electrons. The molecule has 5 heteroatoms. The lowest BCUT2D eigenvalue weighted by atomic mass is 10.1. The molecule has 3 aromatic rings. The summed E-state index contributed by atoms with van der Waals surface area (Å²) in [5, 5.41) is 6.07. The molecule has 3 rings (SSSR count). The van der Waals surface area contributed by atoms with Gasteiger partial charge in [0.25, 0.3) is 0 Å². The van der Waals surface area contributed by atoms with Gasteiger partial charge in [0.05, 0.1) is 24.9 Å². The van der Waals surface area contributed by atoms with Crippen LogP contribution in [0.25, 0.3) is 0 Å². The van der Waals surface area contributed by atoms with Crippen LogP contribution >= 0.6 is 0 Å². The first-order valence-electron chi connectivity index (χ1n) is 11.2.